The maximum absolute atomic E-state index is 11.8. The zero-order valence-electron chi connectivity index (χ0n) is 11.4. The third kappa shape index (κ3) is 4.91. The Labute approximate surface area is 107 Å². The lowest BCUT2D eigenvalue weighted by Crippen LogP contribution is -2.48. The summed E-state index contributed by atoms with van der Waals surface area (Å²) in [6, 6.07) is 0. The second-order valence-electron chi connectivity index (χ2n) is 5.20. The highest BCUT2D eigenvalue weighted by Gasteiger charge is 2.29. The second kappa shape index (κ2) is 6.04. The smallest absolute Gasteiger partial charge is 0.410 e. The fourth-order valence-electron chi connectivity index (χ4n) is 1.60. The Kier molecular flexibility index (Phi) is 4.95. The number of esters is 1. The molecule has 1 aliphatic heterocycles. The van der Waals surface area contributed by atoms with Gasteiger partial charge in [-0.25, -0.2) is 4.79 Å². The lowest BCUT2D eigenvalue weighted by atomic mass is 10.2. The first-order valence-corrected chi connectivity index (χ1v) is 5.98. The van der Waals surface area contributed by atoms with Crippen molar-refractivity contribution in [2.24, 2.45) is 0 Å². The largest absolute Gasteiger partial charge is 0.469 e. The van der Waals surface area contributed by atoms with Gasteiger partial charge in [0.05, 0.1) is 32.8 Å². The van der Waals surface area contributed by atoms with Crippen molar-refractivity contribution in [3.63, 3.8) is 0 Å². The van der Waals surface area contributed by atoms with Crippen molar-refractivity contribution in [1.29, 1.82) is 0 Å². The molecule has 1 atom stereocenters. The van der Waals surface area contributed by atoms with Crippen LogP contribution < -0.4 is 0 Å². The van der Waals surface area contributed by atoms with E-state index in [4.69, 9.17) is 9.47 Å². The van der Waals surface area contributed by atoms with Gasteiger partial charge in [-0.1, -0.05) is 0 Å². The Morgan fingerprint density at radius 1 is 1.39 bits per heavy atom. The predicted octanol–water partition coefficient (Wildman–Crippen LogP) is 1.19. The van der Waals surface area contributed by atoms with E-state index in [9.17, 15) is 9.59 Å². The zero-order valence-corrected chi connectivity index (χ0v) is 11.4. The van der Waals surface area contributed by atoms with Crippen molar-refractivity contribution >= 4 is 12.1 Å². The van der Waals surface area contributed by atoms with Crippen molar-refractivity contribution in [3.8, 4) is 0 Å². The molecule has 0 spiro atoms. The molecule has 0 saturated carbocycles. The van der Waals surface area contributed by atoms with Crippen LogP contribution in [0.5, 0.6) is 0 Å². The summed E-state index contributed by atoms with van der Waals surface area (Å²) < 4.78 is 15.3. The van der Waals surface area contributed by atoms with Gasteiger partial charge in [0.25, 0.3) is 0 Å². The van der Waals surface area contributed by atoms with E-state index in [0.717, 1.165) is 0 Å². The summed E-state index contributed by atoms with van der Waals surface area (Å²) in [6.07, 6.45) is -0.546. The quantitative estimate of drug-likeness (QED) is 0.697. The molecular weight excluding hydrogens is 238 g/mol. The van der Waals surface area contributed by atoms with E-state index in [0.29, 0.717) is 19.7 Å². The summed E-state index contributed by atoms with van der Waals surface area (Å²) in [6.45, 7) is 6.68. The minimum Gasteiger partial charge on any atom is -0.469 e. The van der Waals surface area contributed by atoms with E-state index in [1.165, 1.54) is 7.11 Å². The average molecular weight is 259 g/mol. The normalized spacial score (nSPS) is 20.4. The van der Waals surface area contributed by atoms with Crippen LogP contribution in [-0.4, -0.2) is 55.5 Å². The standard InChI is InChI=1S/C12H21NO5/c1-12(2,3)18-11(15)13-5-6-17-9(8-13)7-10(14)16-4/h9H,5-8H2,1-4H3/t9-/m0/s1. The molecule has 1 aliphatic rings. The van der Waals surface area contributed by atoms with Crippen molar-refractivity contribution in [1.82, 2.24) is 4.90 Å². The number of rotatable bonds is 2. The molecule has 0 aromatic carbocycles. The summed E-state index contributed by atoms with van der Waals surface area (Å²) in [7, 11) is 1.33. The molecule has 104 valence electrons. The summed E-state index contributed by atoms with van der Waals surface area (Å²) in [5.41, 5.74) is -0.521. The minimum atomic E-state index is -0.521. The van der Waals surface area contributed by atoms with E-state index < -0.39 is 5.60 Å². The van der Waals surface area contributed by atoms with E-state index in [1.54, 1.807) is 4.90 Å². The van der Waals surface area contributed by atoms with Crippen molar-refractivity contribution < 1.29 is 23.8 Å². The van der Waals surface area contributed by atoms with Crippen LogP contribution >= 0.6 is 0 Å². The topological polar surface area (TPSA) is 65.1 Å². The Morgan fingerprint density at radius 2 is 2.06 bits per heavy atom. The van der Waals surface area contributed by atoms with Gasteiger partial charge >= 0.3 is 12.1 Å². The molecule has 0 aromatic rings. The molecule has 1 fully saturated rings. The van der Waals surface area contributed by atoms with Crippen LogP contribution in [0.15, 0.2) is 0 Å². The van der Waals surface area contributed by atoms with Crippen LogP contribution in [0.25, 0.3) is 0 Å². The molecule has 18 heavy (non-hydrogen) atoms. The van der Waals surface area contributed by atoms with Crippen molar-refractivity contribution in [3.05, 3.63) is 0 Å². The van der Waals surface area contributed by atoms with E-state index in [-0.39, 0.29) is 24.6 Å². The number of hydrogen-bond acceptors (Lipinski definition) is 5. The van der Waals surface area contributed by atoms with Gasteiger partial charge in [0, 0.05) is 6.54 Å². The van der Waals surface area contributed by atoms with Gasteiger partial charge in [-0.2, -0.15) is 0 Å². The number of methoxy groups -OCH3 is 1. The molecule has 1 saturated heterocycles. The predicted molar refractivity (Wildman–Crippen MR) is 64.2 cm³/mol. The Hall–Kier alpha value is -1.30. The highest BCUT2D eigenvalue weighted by molar-refractivity contribution is 5.71. The Morgan fingerprint density at radius 3 is 2.61 bits per heavy atom. The maximum atomic E-state index is 11.8. The van der Waals surface area contributed by atoms with E-state index in [2.05, 4.69) is 4.74 Å². The first kappa shape index (κ1) is 14.8. The van der Waals surface area contributed by atoms with Gasteiger partial charge in [-0.05, 0) is 20.8 Å². The van der Waals surface area contributed by atoms with Crippen LogP contribution in [0.4, 0.5) is 4.79 Å². The number of carbonyl (C=O) groups is 2. The van der Waals surface area contributed by atoms with Gasteiger partial charge in [0.2, 0.25) is 0 Å². The summed E-state index contributed by atoms with van der Waals surface area (Å²) in [4.78, 5) is 24.6. The first-order chi connectivity index (χ1) is 8.31. The van der Waals surface area contributed by atoms with E-state index in [1.807, 2.05) is 20.8 Å². The molecule has 0 bridgehead atoms. The number of nitrogens with zero attached hydrogens (tertiary/aromatic N) is 1. The number of ether oxygens (including phenoxy) is 3. The first-order valence-electron chi connectivity index (χ1n) is 5.98. The lowest BCUT2D eigenvalue weighted by Gasteiger charge is -2.33. The van der Waals surface area contributed by atoms with Crippen LogP contribution in [0.1, 0.15) is 27.2 Å². The van der Waals surface area contributed by atoms with E-state index >= 15 is 0 Å². The van der Waals surface area contributed by atoms with Gasteiger partial charge in [-0.3, -0.25) is 4.79 Å². The summed E-state index contributed by atoms with van der Waals surface area (Å²) in [5.74, 6) is -0.342. The van der Waals surface area contributed by atoms with Gasteiger partial charge in [-0.15, -0.1) is 0 Å². The molecular formula is C12H21NO5. The summed E-state index contributed by atoms with van der Waals surface area (Å²) in [5, 5.41) is 0. The van der Waals surface area contributed by atoms with Crippen LogP contribution in [0, 0.1) is 0 Å². The highest BCUT2D eigenvalue weighted by atomic mass is 16.6. The van der Waals surface area contributed by atoms with Crippen LogP contribution in [0.2, 0.25) is 0 Å². The third-order valence-electron chi connectivity index (χ3n) is 2.41. The lowest BCUT2D eigenvalue weighted by molar-refractivity contribution is -0.145. The molecule has 1 heterocycles. The minimum absolute atomic E-state index is 0.149. The fraction of sp³-hybridized carbons (Fsp3) is 0.833. The fourth-order valence-corrected chi connectivity index (χ4v) is 1.60. The highest BCUT2D eigenvalue weighted by Crippen LogP contribution is 2.14. The second-order valence-corrected chi connectivity index (χ2v) is 5.20. The number of hydrogen-bond donors (Lipinski definition) is 0. The molecule has 1 rings (SSSR count). The molecule has 0 unspecified atom stereocenters. The Bertz CT molecular complexity index is 310. The molecule has 0 aromatic heterocycles. The van der Waals surface area contributed by atoms with Gasteiger partial charge in [0.1, 0.15) is 5.60 Å². The number of morpholine rings is 1. The van der Waals surface area contributed by atoms with Crippen LogP contribution in [-0.2, 0) is 19.0 Å². The molecule has 0 radical (unpaired) electrons. The molecule has 0 N–H and O–H groups in total. The zero-order chi connectivity index (χ0) is 13.8. The average Bonchev–Trinajstić information content (AvgIpc) is 2.27. The molecule has 0 aliphatic carbocycles. The Balaban J connectivity index is 2.48. The summed E-state index contributed by atoms with van der Waals surface area (Å²) >= 11 is 0. The van der Waals surface area contributed by atoms with Crippen LogP contribution in [0.3, 0.4) is 0 Å². The third-order valence-corrected chi connectivity index (χ3v) is 2.41. The molecule has 6 heteroatoms. The SMILES string of the molecule is COC(=O)C[C@H]1CN(C(=O)OC(C)(C)C)CCO1. The molecule has 1 amide bonds. The van der Waals surface area contributed by atoms with Crippen molar-refractivity contribution in [2.45, 2.75) is 38.9 Å². The number of amides is 1. The molecule has 6 nitrogen and oxygen atoms in total. The maximum Gasteiger partial charge on any atom is 0.410 e. The van der Waals surface area contributed by atoms with Gasteiger partial charge in [0.15, 0.2) is 0 Å². The van der Waals surface area contributed by atoms with Gasteiger partial charge < -0.3 is 19.1 Å². The monoisotopic (exact) mass is 259 g/mol. The number of carbonyl (C=O) groups excluding carboxylic acids is 2. The van der Waals surface area contributed by atoms with Crippen molar-refractivity contribution in [2.75, 3.05) is 26.8 Å².